The number of amides is 3. The zero-order valence-corrected chi connectivity index (χ0v) is 17.4. The van der Waals surface area contributed by atoms with Crippen LogP contribution in [0.1, 0.15) is 31.1 Å². The maximum Gasteiger partial charge on any atom is 0.317 e. The van der Waals surface area contributed by atoms with Gasteiger partial charge >= 0.3 is 6.03 Å². The fraction of sp³-hybridized carbons (Fsp3) is 0.600. The van der Waals surface area contributed by atoms with Gasteiger partial charge in [-0.05, 0) is 32.0 Å². The number of benzene rings is 1. The Labute approximate surface area is 162 Å². The number of hydrogen-bond donors (Lipinski definition) is 1. The van der Waals surface area contributed by atoms with Gasteiger partial charge in [0.2, 0.25) is 0 Å². The van der Waals surface area contributed by atoms with Crippen LogP contribution in [0, 0.1) is 5.92 Å². The molecule has 1 aliphatic rings. The molecule has 0 fully saturated rings. The molecule has 2 rings (SSSR count). The van der Waals surface area contributed by atoms with Crippen molar-refractivity contribution in [3.05, 3.63) is 23.8 Å². The van der Waals surface area contributed by atoms with Crippen LogP contribution >= 0.6 is 0 Å². The predicted octanol–water partition coefficient (Wildman–Crippen LogP) is 2.27. The number of nitrogens with one attached hydrogen (secondary N) is 1. The topological polar surface area (TPSA) is 65.1 Å². The van der Waals surface area contributed by atoms with Gasteiger partial charge < -0.3 is 24.8 Å². The van der Waals surface area contributed by atoms with Gasteiger partial charge in [0.15, 0.2) is 0 Å². The van der Waals surface area contributed by atoms with Crippen molar-refractivity contribution in [2.24, 2.45) is 5.92 Å². The van der Waals surface area contributed by atoms with Gasteiger partial charge in [0.05, 0.1) is 12.1 Å². The van der Waals surface area contributed by atoms with Crippen molar-refractivity contribution in [1.82, 2.24) is 15.1 Å². The summed E-state index contributed by atoms with van der Waals surface area (Å²) in [5, 5.41) is 2.89. The third-order valence-electron chi connectivity index (χ3n) is 4.74. The molecule has 27 heavy (non-hydrogen) atoms. The van der Waals surface area contributed by atoms with Crippen molar-refractivity contribution < 1.29 is 14.3 Å². The summed E-state index contributed by atoms with van der Waals surface area (Å²) in [6, 6.07) is 5.58. The molecule has 1 aliphatic heterocycles. The first-order valence-corrected chi connectivity index (χ1v) is 9.35. The minimum absolute atomic E-state index is 0.0510. The molecule has 1 aromatic carbocycles. The number of hydrogen-bond acceptors (Lipinski definition) is 4. The number of ether oxygens (including phenoxy) is 1. The van der Waals surface area contributed by atoms with E-state index in [4.69, 9.17) is 4.74 Å². The van der Waals surface area contributed by atoms with Gasteiger partial charge in [-0.1, -0.05) is 6.92 Å². The summed E-state index contributed by atoms with van der Waals surface area (Å²) < 4.78 is 6.24. The highest BCUT2D eigenvalue weighted by molar-refractivity contribution is 5.98. The fourth-order valence-corrected chi connectivity index (χ4v) is 3.11. The lowest BCUT2D eigenvalue weighted by Gasteiger charge is -2.35. The summed E-state index contributed by atoms with van der Waals surface area (Å²) in [5.74, 6) is 0.589. The zero-order valence-electron chi connectivity index (χ0n) is 17.4. The van der Waals surface area contributed by atoms with Gasteiger partial charge in [0, 0.05) is 52.4 Å². The van der Waals surface area contributed by atoms with E-state index in [1.165, 1.54) is 0 Å². The van der Waals surface area contributed by atoms with E-state index < -0.39 is 0 Å². The number of fused-ring (bicyclic) bond motifs is 1. The van der Waals surface area contributed by atoms with E-state index in [0.29, 0.717) is 24.4 Å². The van der Waals surface area contributed by atoms with E-state index in [0.717, 1.165) is 5.69 Å². The van der Waals surface area contributed by atoms with Gasteiger partial charge in [0.1, 0.15) is 11.9 Å². The molecular formula is C20H32N4O3. The van der Waals surface area contributed by atoms with Crippen molar-refractivity contribution >= 4 is 17.6 Å². The quantitative estimate of drug-likeness (QED) is 0.876. The Hall–Kier alpha value is -2.44. The van der Waals surface area contributed by atoms with E-state index in [1.54, 1.807) is 16.8 Å². The predicted molar refractivity (Wildman–Crippen MR) is 108 cm³/mol. The average Bonchev–Trinajstić information content (AvgIpc) is 2.58. The highest BCUT2D eigenvalue weighted by Gasteiger charge is 2.31. The van der Waals surface area contributed by atoms with E-state index in [1.807, 2.05) is 65.0 Å². The maximum atomic E-state index is 12.8. The van der Waals surface area contributed by atoms with Crippen LogP contribution in [-0.2, 0) is 0 Å². The summed E-state index contributed by atoms with van der Waals surface area (Å²) in [6.45, 7) is 6.91. The Morgan fingerprint density at radius 2 is 2.00 bits per heavy atom. The largest absolute Gasteiger partial charge is 0.487 e. The number of rotatable bonds is 4. The minimum Gasteiger partial charge on any atom is -0.487 e. The van der Waals surface area contributed by atoms with E-state index in [-0.39, 0.29) is 30.0 Å². The van der Waals surface area contributed by atoms with Crippen LogP contribution in [0.2, 0.25) is 0 Å². The maximum absolute atomic E-state index is 12.8. The Bertz CT molecular complexity index is 690. The second-order valence-corrected chi connectivity index (χ2v) is 7.88. The molecule has 2 atom stereocenters. The Balaban J connectivity index is 2.29. The molecule has 0 aromatic heterocycles. The van der Waals surface area contributed by atoms with Crippen molar-refractivity contribution in [2.75, 3.05) is 46.2 Å². The summed E-state index contributed by atoms with van der Waals surface area (Å²) in [5.41, 5.74) is 1.49. The lowest BCUT2D eigenvalue weighted by molar-refractivity contribution is 0.0577. The highest BCUT2D eigenvalue weighted by Crippen LogP contribution is 2.30. The number of likely N-dealkylation sites (N-methyl/N-ethyl adjacent to an activating group) is 1. The molecule has 1 heterocycles. The van der Waals surface area contributed by atoms with Gasteiger partial charge in [-0.25, -0.2) is 4.79 Å². The summed E-state index contributed by atoms with van der Waals surface area (Å²) in [7, 11) is 7.44. The first-order chi connectivity index (χ1) is 12.6. The molecule has 7 heteroatoms. The lowest BCUT2D eigenvalue weighted by Crippen LogP contribution is -2.49. The Kier molecular flexibility index (Phi) is 6.57. The number of carbonyl (C=O) groups is 2. The summed E-state index contributed by atoms with van der Waals surface area (Å²) >= 11 is 0. The summed E-state index contributed by atoms with van der Waals surface area (Å²) in [6.07, 6.45) is -0.215. The van der Waals surface area contributed by atoms with Crippen molar-refractivity contribution in [3.63, 3.8) is 0 Å². The molecule has 0 saturated heterocycles. The van der Waals surface area contributed by atoms with Crippen molar-refractivity contribution in [3.8, 4) is 5.75 Å². The van der Waals surface area contributed by atoms with Crippen molar-refractivity contribution in [2.45, 2.75) is 32.9 Å². The van der Waals surface area contributed by atoms with E-state index in [9.17, 15) is 9.59 Å². The molecule has 7 nitrogen and oxygen atoms in total. The van der Waals surface area contributed by atoms with Crippen LogP contribution in [0.25, 0.3) is 0 Å². The molecule has 0 saturated carbocycles. The normalized spacial score (nSPS) is 19.7. The molecule has 0 radical (unpaired) electrons. The molecule has 0 spiro atoms. The molecular weight excluding hydrogens is 344 g/mol. The van der Waals surface area contributed by atoms with Gasteiger partial charge in [-0.3, -0.25) is 4.79 Å². The third-order valence-corrected chi connectivity index (χ3v) is 4.74. The van der Waals surface area contributed by atoms with Gasteiger partial charge in [-0.2, -0.15) is 0 Å². The van der Waals surface area contributed by atoms with Gasteiger partial charge in [0.25, 0.3) is 5.91 Å². The second kappa shape index (κ2) is 8.50. The number of anilines is 1. The van der Waals surface area contributed by atoms with Crippen LogP contribution in [-0.4, -0.2) is 75.2 Å². The van der Waals surface area contributed by atoms with E-state index >= 15 is 0 Å². The van der Waals surface area contributed by atoms with Crippen molar-refractivity contribution in [1.29, 1.82) is 0 Å². The number of nitrogens with zero attached hydrogens (tertiary/aromatic N) is 3. The van der Waals surface area contributed by atoms with Crippen LogP contribution in [0.4, 0.5) is 10.5 Å². The average molecular weight is 377 g/mol. The summed E-state index contributed by atoms with van der Waals surface area (Å²) in [4.78, 5) is 30.4. The van der Waals surface area contributed by atoms with Crippen LogP contribution in [0.3, 0.4) is 0 Å². The van der Waals surface area contributed by atoms with Crippen LogP contribution in [0.5, 0.6) is 5.75 Å². The fourth-order valence-electron chi connectivity index (χ4n) is 3.11. The smallest absolute Gasteiger partial charge is 0.317 e. The third kappa shape index (κ3) is 5.05. The molecule has 0 unspecified atom stereocenters. The first-order valence-electron chi connectivity index (χ1n) is 9.35. The number of carbonyl (C=O) groups excluding carboxylic acids is 2. The molecule has 3 amide bonds. The van der Waals surface area contributed by atoms with Gasteiger partial charge in [-0.15, -0.1) is 0 Å². The molecule has 0 bridgehead atoms. The number of urea groups is 1. The molecule has 1 aromatic rings. The van der Waals surface area contributed by atoms with Crippen LogP contribution < -0.4 is 15.0 Å². The van der Waals surface area contributed by atoms with E-state index in [2.05, 4.69) is 5.32 Å². The lowest BCUT2D eigenvalue weighted by atomic mass is 10.0. The monoisotopic (exact) mass is 376 g/mol. The minimum atomic E-state index is -0.215. The highest BCUT2D eigenvalue weighted by atomic mass is 16.5. The molecule has 150 valence electrons. The standard InChI is InChI=1S/C20H32N4O3/c1-13(2)21-20(26)24(7)12-18-14(3)11-23(6)19(25)16-10-15(22(4)5)8-9-17(16)27-18/h8-10,13-14,18H,11-12H2,1-7H3,(H,21,26)/t14-,18+/m1/s1. The Morgan fingerprint density at radius 3 is 2.59 bits per heavy atom. The second-order valence-electron chi connectivity index (χ2n) is 7.88. The molecule has 0 aliphatic carbocycles. The van der Waals surface area contributed by atoms with Crippen LogP contribution in [0.15, 0.2) is 18.2 Å². The molecule has 1 N–H and O–H groups in total. The zero-order chi connectivity index (χ0) is 20.3. The Morgan fingerprint density at radius 1 is 1.33 bits per heavy atom. The first kappa shape index (κ1) is 20.9. The SMILES string of the molecule is CC(C)NC(=O)N(C)C[C@@H]1Oc2ccc(N(C)C)cc2C(=O)N(C)C[C@H]1C.